The van der Waals surface area contributed by atoms with E-state index in [4.69, 9.17) is 0 Å². The molecule has 1 heteroatoms. The molecule has 0 radical (unpaired) electrons. The Bertz CT molecular complexity index is 2780. The summed E-state index contributed by atoms with van der Waals surface area (Å²) in [7, 11) is 0. The highest BCUT2D eigenvalue weighted by Crippen LogP contribution is 2.64. The highest BCUT2D eigenvalue weighted by molar-refractivity contribution is 6.05. The maximum absolute atomic E-state index is 2.40. The maximum atomic E-state index is 2.40. The van der Waals surface area contributed by atoms with Crippen LogP contribution in [0.25, 0.3) is 54.9 Å². The molecule has 11 rings (SSSR count). The molecule has 0 bridgehead atoms. The van der Waals surface area contributed by atoms with Crippen molar-refractivity contribution in [2.24, 2.45) is 0 Å². The van der Waals surface area contributed by atoms with E-state index in [1.165, 1.54) is 77.2 Å². The van der Waals surface area contributed by atoms with Crippen LogP contribution in [-0.4, -0.2) is 0 Å². The zero-order chi connectivity index (χ0) is 34.2. The van der Waals surface area contributed by atoms with E-state index >= 15 is 0 Å². The molecule has 2 aliphatic rings. The molecule has 0 saturated heterocycles. The average molecular weight is 660 g/mol. The Kier molecular flexibility index (Phi) is 6.23. The molecule has 0 atom stereocenters. The lowest BCUT2D eigenvalue weighted by molar-refractivity contribution is 0.801. The van der Waals surface area contributed by atoms with Crippen LogP contribution in [0, 0.1) is 0 Å². The minimum absolute atomic E-state index is 0.383. The Morgan fingerprint density at radius 3 is 1.46 bits per heavy atom. The first-order valence-electron chi connectivity index (χ1n) is 18.1. The lowest BCUT2D eigenvalue weighted by Gasteiger charge is -2.32. The summed E-state index contributed by atoms with van der Waals surface area (Å²) in [5.74, 6) is 0. The van der Waals surface area contributed by atoms with Crippen LogP contribution in [0.5, 0.6) is 0 Å². The van der Waals surface area contributed by atoms with Crippen LogP contribution >= 0.6 is 0 Å². The monoisotopic (exact) mass is 659 g/mol. The molecule has 0 fully saturated rings. The van der Waals surface area contributed by atoms with E-state index in [1.807, 2.05) is 0 Å². The van der Waals surface area contributed by atoms with Crippen molar-refractivity contribution < 1.29 is 0 Å². The Morgan fingerprint density at radius 2 is 0.788 bits per heavy atom. The summed E-state index contributed by atoms with van der Waals surface area (Å²) < 4.78 is 0. The minimum Gasteiger partial charge on any atom is -0.310 e. The smallest absolute Gasteiger partial charge is 0.0731 e. The third-order valence-corrected chi connectivity index (χ3v) is 11.4. The Labute approximate surface area is 303 Å². The van der Waals surface area contributed by atoms with Crippen LogP contribution in [0.2, 0.25) is 0 Å². The van der Waals surface area contributed by atoms with Gasteiger partial charge in [0.05, 0.1) is 5.41 Å². The fraction of sp³-hybridized carbons (Fsp3) is 0.0196. The molecule has 242 valence electrons. The zero-order valence-electron chi connectivity index (χ0n) is 28.5. The predicted octanol–water partition coefficient (Wildman–Crippen LogP) is 13.5. The van der Waals surface area contributed by atoms with Crippen molar-refractivity contribution in [2.75, 3.05) is 4.90 Å². The Morgan fingerprint density at radius 1 is 0.308 bits per heavy atom. The van der Waals surface area contributed by atoms with Crippen LogP contribution in [0.15, 0.2) is 200 Å². The summed E-state index contributed by atoms with van der Waals surface area (Å²) >= 11 is 0. The predicted molar refractivity (Wildman–Crippen MR) is 218 cm³/mol. The molecule has 0 heterocycles. The van der Waals surface area contributed by atoms with Gasteiger partial charge in [0.2, 0.25) is 0 Å². The van der Waals surface area contributed by atoms with Gasteiger partial charge in [0, 0.05) is 17.1 Å². The highest BCUT2D eigenvalue weighted by atomic mass is 15.1. The van der Waals surface area contributed by atoms with Gasteiger partial charge in [-0.15, -0.1) is 0 Å². The van der Waals surface area contributed by atoms with Gasteiger partial charge in [-0.05, 0) is 114 Å². The number of benzene rings is 9. The zero-order valence-corrected chi connectivity index (χ0v) is 28.5. The van der Waals surface area contributed by atoms with Crippen molar-refractivity contribution in [1.29, 1.82) is 0 Å². The van der Waals surface area contributed by atoms with Crippen LogP contribution in [-0.2, 0) is 5.41 Å². The molecule has 0 saturated carbocycles. The van der Waals surface area contributed by atoms with Crippen molar-refractivity contribution in [1.82, 2.24) is 0 Å². The van der Waals surface area contributed by atoms with Crippen LogP contribution in [0.4, 0.5) is 17.1 Å². The molecular weight excluding hydrogens is 627 g/mol. The number of fused-ring (bicyclic) bond motifs is 13. The van der Waals surface area contributed by atoms with Gasteiger partial charge in [-0.2, -0.15) is 0 Å². The summed E-state index contributed by atoms with van der Waals surface area (Å²) in [6.45, 7) is 0. The molecule has 9 aromatic rings. The quantitative estimate of drug-likeness (QED) is 0.182. The summed E-state index contributed by atoms with van der Waals surface area (Å²) in [6.07, 6.45) is 0. The molecule has 0 N–H and O–H groups in total. The van der Waals surface area contributed by atoms with Gasteiger partial charge >= 0.3 is 0 Å². The van der Waals surface area contributed by atoms with Gasteiger partial charge in [-0.25, -0.2) is 0 Å². The summed E-state index contributed by atoms with van der Waals surface area (Å²) in [5.41, 5.74) is 16.2. The van der Waals surface area contributed by atoms with Gasteiger partial charge in [0.1, 0.15) is 0 Å². The molecule has 0 amide bonds. The fourth-order valence-corrected chi connectivity index (χ4v) is 9.26. The molecule has 0 unspecified atom stereocenters. The molecule has 52 heavy (non-hydrogen) atoms. The van der Waals surface area contributed by atoms with Crippen molar-refractivity contribution >= 4 is 38.6 Å². The van der Waals surface area contributed by atoms with Crippen LogP contribution < -0.4 is 4.90 Å². The second-order valence-corrected chi connectivity index (χ2v) is 14.1. The largest absolute Gasteiger partial charge is 0.310 e. The average Bonchev–Trinajstić information content (AvgIpc) is 3.69. The summed E-state index contributed by atoms with van der Waals surface area (Å²) in [5, 5.41) is 4.99. The third-order valence-electron chi connectivity index (χ3n) is 11.4. The summed E-state index contributed by atoms with van der Waals surface area (Å²) in [4.78, 5) is 2.40. The lowest BCUT2D eigenvalue weighted by atomic mass is 9.69. The standard InChI is InChI=1S/C51H33N/c1-2-12-34(13-3-1)36-22-26-39(27-23-36)52(40-28-24-35-14-4-5-15-37(35)32-40)41-29-31-42-38(33-41)25-30-46-45-18-8-11-21-49(45)51(50(42)46)47-19-9-6-16-43(47)44-17-7-10-20-48(44)51/h1-33H. The first-order valence-corrected chi connectivity index (χ1v) is 18.1. The van der Waals surface area contributed by atoms with E-state index < -0.39 is 0 Å². The highest BCUT2D eigenvalue weighted by Gasteiger charge is 2.52. The Hall–Kier alpha value is -6.70. The number of nitrogens with zero attached hydrogens (tertiary/aromatic N) is 1. The number of anilines is 3. The van der Waals surface area contributed by atoms with E-state index in [2.05, 4.69) is 205 Å². The first-order chi connectivity index (χ1) is 25.8. The molecular formula is C51H33N. The third kappa shape index (κ3) is 4.05. The van der Waals surface area contributed by atoms with E-state index in [9.17, 15) is 0 Å². The van der Waals surface area contributed by atoms with Crippen molar-refractivity contribution in [3.05, 3.63) is 222 Å². The SMILES string of the molecule is c1ccc(-c2ccc(N(c3ccc4ccccc4c3)c3ccc4c5c(ccc4c3)-c3ccccc3C53c4ccccc4-c4ccccc43)cc2)cc1. The van der Waals surface area contributed by atoms with Crippen molar-refractivity contribution in [2.45, 2.75) is 5.41 Å². The van der Waals surface area contributed by atoms with Crippen molar-refractivity contribution in [3.63, 3.8) is 0 Å². The summed E-state index contributed by atoms with van der Waals surface area (Å²) in [6, 6.07) is 74.0. The molecule has 1 nitrogen and oxygen atoms in total. The van der Waals surface area contributed by atoms with Gasteiger partial charge < -0.3 is 4.90 Å². The van der Waals surface area contributed by atoms with E-state index in [1.54, 1.807) is 0 Å². The minimum atomic E-state index is -0.383. The molecule has 0 aliphatic heterocycles. The molecule has 0 aromatic heterocycles. The van der Waals surface area contributed by atoms with Crippen LogP contribution in [0.3, 0.4) is 0 Å². The maximum Gasteiger partial charge on any atom is 0.0731 e. The second kappa shape index (κ2) is 11.2. The number of rotatable bonds is 4. The van der Waals surface area contributed by atoms with Crippen LogP contribution in [0.1, 0.15) is 22.3 Å². The topological polar surface area (TPSA) is 3.24 Å². The lowest BCUT2D eigenvalue weighted by Crippen LogP contribution is -2.26. The van der Waals surface area contributed by atoms with Gasteiger partial charge in [0.25, 0.3) is 0 Å². The molecule has 1 spiro atoms. The van der Waals surface area contributed by atoms with E-state index in [-0.39, 0.29) is 5.41 Å². The van der Waals surface area contributed by atoms with Crippen molar-refractivity contribution in [3.8, 4) is 33.4 Å². The Balaban J connectivity index is 1.14. The first kappa shape index (κ1) is 29.1. The van der Waals surface area contributed by atoms with Gasteiger partial charge in [-0.3, -0.25) is 0 Å². The number of hydrogen-bond donors (Lipinski definition) is 0. The second-order valence-electron chi connectivity index (χ2n) is 14.1. The molecule has 2 aliphatic carbocycles. The van der Waals surface area contributed by atoms with Gasteiger partial charge in [0.15, 0.2) is 0 Å². The molecule has 9 aromatic carbocycles. The normalized spacial score (nSPS) is 13.2. The number of hydrogen-bond acceptors (Lipinski definition) is 1. The van der Waals surface area contributed by atoms with E-state index in [0.717, 1.165) is 17.1 Å². The fourth-order valence-electron chi connectivity index (χ4n) is 9.26. The van der Waals surface area contributed by atoms with E-state index in [0.29, 0.717) is 0 Å². The van der Waals surface area contributed by atoms with Gasteiger partial charge in [-0.1, -0.05) is 164 Å².